The number of urea groups is 1. The molecule has 0 aromatic heterocycles. The van der Waals surface area contributed by atoms with E-state index >= 15 is 0 Å². The lowest BCUT2D eigenvalue weighted by atomic mass is 9.86. The Morgan fingerprint density at radius 2 is 2.00 bits per heavy atom. The first-order valence-corrected chi connectivity index (χ1v) is 5.47. The van der Waals surface area contributed by atoms with Crippen LogP contribution in [0.1, 0.15) is 36.1 Å². The first kappa shape index (κ1) is 11.0. The summed E-state index contributed by atoms with van der Waals surface area (Å²) in [5.41, 5.74) is 1.94. The van der Waals surface area contributed by atoms with Gasteiger partial charge in [0.1, 0.15) is 0 Å². The van der Waals surface area contributed by atoms with Gasteiger partial charge in [0.25, 0.3) is 0 Å². The van der Waals surface area contributed by atoms with E-state index in [0.717, 1.165) is 17.5 Å². The Labute approximate surface area is 94.7 Å². The average Bonchev–Trinajstić information content (AvgIpc) is 2.33. The largest absolute Gasteiger partial charge is 0.388 e. The lowest BCUT2D eigenvalue weighted by molar-refractivity contribution is 0.147. The maximum Gasteiger partial charge on any atom is 0.315 e. The zero-order valence-corrected chi connectivity index (χ0v) is 9.23. The Kier molecular flexibility index (Phi) is 3.10. The maximum atomic E-state index is 11.3. The summed E-state index contributed by atoms with van der Waals surface area (Å²) in [7, 11) is 1.60. The Balaban J connectivity index is 2.24. The number of nitrogens with one attached hydrogen (secondary N) is 2. The van der Waals surface area contributed by atoms with Crippen LogP contribution in [0, 0.1) is 0 Å². The van der Waals surface area contributed by atoms with Gasteiger partial charge in [-0.3, -0.25) is 0 Å². The SMILES string of the molecule is CNC(=O)N[C@H]1CC[C@H](O)c2ccccc21. The molecule has 1 aromatic rings. The molecule has 0 spiro atoms. The van der Waals surface area contributed by atoms with Crippen molar-refractivity contribution >= 4 is 6.03 Å². The summed E-state index contributed by atoms with van der Waals surface area (Å²) in [6, 6.07) is 7.52. The zero-order chi connectivity index (χ0) is 11.5. The summed E-state index contributed by atoms with van der Waals surface area (Å²) in [6.45, 7) is 0. The number of carbonyl (C=O) groups excluding carboxylic acids is 1. The van der Waals surface area contributed by atoms with Gasteiger partial charge in [-0.1, -0.05) is 24.3 Å². The van der Waals surface area contributed by atoms with Crippen LogP contribution in [0.3, 0.4) is 0 Å². The third-order valence-electron chi connectivity index (χ3n) is 2.99. The maximum absolute atomic E-state index is 11.3. The van der Waals surface area contributed by atoms with Crippen molar-refractivity contribution in [3.05, 3.63) is 35.4 Å². The predicted molar refractivity (Wildman–Crippen MR) is 61.0 cm³/mol. The minimum absolute atomic E-state index is 0.000417. The van der Waals surface area contributed by atoms with E-state index in [4.69, 9.17) is 0 Å². The van der Waals surface area contributed by atoms with Crippen LogP contribution in [0.5, 0.6) is 0 Å². The highest BCUT2D eigenvalue weighted by Crippen LogP contribution is 2.35. The van der Waals surface area contributed by atoms with Crippen molar-refractivity contribution in [3.63, 3.8) is 0 Å². The van der Waals surface area contributed by atoms with Gasteiger partial charge in [0, 0.05) is 7.05 Å². The third-order valence-corrected chi connectivity index (χ3v) is 2.99. The van der Waals surface area contributed by atoms with Crippen molar-refractivity contribution in [1.29, 1.82) is 0 Å². The molecule has 1 aliphatic carbocycles. The summed E-state index contributed by atoms with van der Waals surface area (Å²) in [5.74, 6) is 0. The van der Waals surface area contributed by atoms with E-state index in [-0.39, 0.29) is 12.1 Å². The monoisotopic (exact) mass is 220 g/mol. The molecule has 1 aliphatic rings. The molecule has 0 saturated heterocycles. The minimum atomic E-state index is -0.404. The van der Waals surface area contributed by atoms with E-state index in [1.807, 2.05) is 24.3 Å². The zero-order valence-electron chi connectivity index (χ0n) is 9.23. The normalized spacial score (nSPS) is 23.4. The van der Waals surface area contributed by atoms with Crippen LogP contribution >= 0.6 is 0 Å². The quantitative estimate of drug-likeness (QED) is 0.671. The van der Waals surface area contributed by atoms with Crippen molar-refractivity contribution in [2.24, 2.45) is 0 Å². The molecule has 2 atom stereocenters. The molecule has 0 bridgehead atoms. The van der Waals surface area contributed by atoms with Crippen molar-refractivity contribution in [1.82, 2.24) is 10.6 Å². The lowest BCUT2D eigenvalue weighted by Crippen LogP contribution is -2.37. The van der Waals surface area contributed by atoms with Crippen LogP contribution in [0.2, 0.25) is 0 Å². The van der Waals surface area contributed by atoms with Gasteiger partial charge in [-0.2, -0.15) is 0 Å². The summed E-state index contributed by atoms with van der Waals surface area (Å²) in [5, 5.41) is 15.3. The molecule has 0 aliphatic heterocycles. The molecule has 4 heteroatoms. The molecule has 3 N–H and O–H groups in total. The summed E-state index contributed by atoms with van der Waals surface area (Å²) >= 11 is 0. The highest BCUT2D eigenvalue weighted by atomic mass is 16.3. The van der Waals surface area contributed by atoms with Crippen molar-refractivity contribution in [2.75, 3.05) is 7.05 Å². The number of rotatable bonds is 1. The van der Waals surface area contributed by atoms with Crippen LogP contribution in [-0.4, -0.2) is 18.2 Å². The van der Waals surface area contributed by atoms with E-state index in [0.29, 0.717) is 6.42 Å². The van der Waals surface area contributed by atoms with Gasteiger partial charge >= 0.3 is 6.03 Å². The van der Waals surface area contributed by atoms with Gasteiger partial charge in [-0.15, -0.1) is 0 Å². The molecule has 0 radical (unpaired) electrons. The van der Waals surface area contributed by atoms with E-state index in [9.17, 15) is 9.90 Å². The number of amides is 2. The van der Waals surface area contributed by atoms with Gasteiger partial charge in [0.05, 0.1) is 12.1 Å². The van der Waals surface area contributed by atoms with Gasteiger partial charge in [-0.05, 0) is 24.0 Å². The fourth-order valence-electron chi connectivity index (χ4n) is 2.15. The first-order chi connectivity index (χ1) is 7.72. The van der Waals surface area contributed by atoms with Crippen LogP contribution in [0.25, 0.3) is 0 Å². The molecule has 0 saturated carbocycles. The van der Waals surface area contributed by atoms with Crippen LogP contribution < -0.4 is 10.6 Å². The number of aliphatic hydroxyl groups excluding tert-OH is 1. The Morgan fingerprint density at radius 1 is 1.31 bits per heavy atom. The molecule has 16 heavy (non-hydrogen) atoms. The Morgan fingerprint density at radius 3 is 2.69 bits per heavy atom. The number of carbonyl (C=O) groups is 1. The molecule has 0 heterocycles. The first-order valence-electron chi connectivity index (χ1n) is 5.47. The molecular weight excluding hydrogens is 204 g/mol. The Hall–Kier alpha value is -1.55. The van der Waals surface area contributed by atoms with Crippen LogP contribution in [0.4, 0.5) is 4.79 Å². The van der Waals surface area contributed by atoms with E-state index < -0.39 is 6.10 Å². The van der Waals surface area contributed by atoms with Gasteiger partial charge in [0.2, 0.25) is 0 Å². The minimum Gasteiger partial charge on any atom is -0.388 e. The van der Waals surface area contributed by atoms with Gasteiger partial charge < -0.3 is 15.7 Å². The molecular formula is C12H16N2O2. The standard InChI is InChI=1S/C12H16N2O2/c1-13-12(16)14-10-6-7-11(15)9-5-3-2-4-8(9)10/h2-5,10-11,15H,6-7H2,1H3,(H2,13,14,16)/t10-,11-/m0/s1. The van der Waals surface area contributed by atoms with Gasteiger partial charge in [-0.25, -0.2) is 4.79 Å². The highest BCUT2D eigenvalue weighted by molar-refractivity contribution is 5.74. The summed E-state index contributed by atoms with van der Waals surface area (Å²) < 4.78 is 0. The third kappa shape index (κ3) is 2.02. The Bertz CT molecular complexity index is 392. The second-order valence-corrected chi connectivity index (χ2v) is 4.00. The average molecular weight is 220 g/mol. The van der Waals surface area contributed by atoms with Crippen molar-refractivity contribution < 1.29 is 9.90 Å². The van der Waals surface area contributed by atoms with E-state index in [2.05, 4.69) is 10.6 Å². The molecule has 2 amide bonds. The lowest BCUT2D eigenvalue weighted by Gasteiger charge is -2.29. The predicted octanol–water partition coefficient (Wildman–Crippen LogP) is 1.48. The fraction of sp³-hybridized carbons (Fsp3) is 0.417. The van der Waals surface area contributed by atoms with Crippen LogP contribution in [-0.2, 0) is 0 Å². The highest BCUT2D eigenvalue weighted by Gasteiger charge is 2.26. The van der Waals surface area contributed by atoms with Crippen LogP contribution in [0.15, 0.2) is 24.3 Å². The number of fused-ring (bicyclic) bond motifs is 1. The molecule has 0 fully saturated rings. The van der Waals surface area contributed by atoms with E-state index in [1.165, 1.54) is 0 Å². The summed E-state index contributed by atoms with van der Waals surface area (Å²) in [6.07, 6.45) is 1.05. The number of benzene rings is 1. The smallest absolute Gasteiger partial charge is 0.315 e. The van der Waals surface area contributed by atoms with E-state index in [1.54, 1.807) is 7.05 Å². The summed E-state index contributed by atoms with van der Waals surface area (Å²) in [4.78, 5) is 11.3. The number of hydrogen-bond donors (Lipinski definition) is 3. The molecule has 1 aromatic carbocycles. The van der Waals surface area contributed by atoms with Crippen molar-refractivity contribution in [2.45, 2.75) is 25.0 Å². The second-order valence-electron chi connectivity index (χ2n) is 4.00. The topological polar surface area (TPSA) is 61.4 Å². The van der Waals surface area contributed by atoms with Gasteiger partial charge in [0.15, 0.2) is 0 Å². The number of aliphatic hydroxyl groups is 1. The molecule has 4 nitrogen and oxygen atoms in total. The van der Waals surface area contributed by atoms with Crippen molar-refractivity contribution in [3.8, 4) is 0 Å². The molecule has 0 unspecified atom stereocenters. The molecule has 86 valence electrons. The second kappa shape index (κ2) is 4.53. The fourth-order valence-corrected chi connectivity index (χ4v) is 2.15. The number of hydrogen-bond acceptors (Lipinski definition) is 2. The molecule has 2 rings (SSSR count).